The molecule has 2 aliphatic heterocycles. The lowest BCUT2D eigenvalue weighted by atomic mass is 9.87. The van der Waals surface area contributed by atoms with Gasteiger partial charge in [0.2, 0.25) is 0 Å². The van der Waals surface area contributed by atoms with E-state index >= 15 is 0 Å². The van der Waals surface area contributed by atoms with Crippen LogP contribution in [0.1, 0.15) is 24.5 Å². The van der Waals surface area contributed by atoms with Crippen molar-refractivity contribution in [2.45, 2.75) is 25.4 Å². The minimum atomic E-state index is -0.0301. The minimum Gasteiger partial charge on any atom is -0.493 e. The standard InChI is InChI=1S/C12H14O2/c1-12(5-7-14-12)10-2-3-11-9(8-10)4-6-13-11/h2-3,8H,4-7H2,1H3. The third-order valence-corrected chi connectivity index (χ3v) is 3.30. The van der Waals surface area contributed by atoms with Crippen molar-refractivity contribution in [2.75, 3.05) is 13.2 Å². The lowest BCUT2D eigenvalue weighted by Gasteiger charge is -2.39. The van der Waals surface area contributed by atoms with E-state index in [9.17, 15) is 0 Å². The van der Waals surface area contributed by atoms with Gasteiger partial charge in [0.15, 0.2) is 0 Å². The highest BCUT2D eigenvalue weighted by Crippen LogP contribution is 2.39. The molecule has 0 aliphatic carbocycles. The van der Waals surface area contributed by atoms with Crippen LogP contribution in [-0.2, 0) is 16.8 Å². The zero-order valence-electron chi connectivity index (χ0n) is 8.38. The first-order valence-corrected chi connectivity index (χ1v) is 5.18. The molecule has 0 aromatic heterocycles. The number of benzene rings is 1. The number of fused-ring (bicyclic) bond motifs is 1. The van der Waals surface area contributed by atoms with Crippen molar-refractivity contribution in [3.05, 3.63) is 29.3 Å². The Kier molecular flexibility index (Phi) is 1.62. The third kappa shape index (κ3) is 1.07. The summed E-state index contributed by atoms with van der Waals surface area (Å²) in [6, 6.07) is 6.44. The highest BCUT2D eigenvalue weighted by molar-refractivity contribution is 5.41. The van der Waals surface area contributed by atoms with Crippen LogP contribution in [0.5, 0.6) is 5.75 Å². The monoisotopic (exact) mass is 190 g/mol. The van der Waals surface area contributed by atoms with Crippen molar-refractivity contribution in [2.24, 2.45) is 0 Å². The lowest BCUT2D eigenvalue weighted by molar-refractivity contribution is -0.140. The Morgan fingerprint density at radius 3 is 2.86 bits per heavy atom. The van der Waals surface area contributed by atoms with Crippen molar-refractivity contribution in [1.29, 1.82) is 0 Å². The summed E-state index contributed by atoms with van der Waals surface area (Å²) in [6.45, 7) is 3.88. The van der Waals surface area contributed by atoms with Crippen LogP contribution in [0.3, 0.4) is 0 Å². The van der Waals surface area contributed by atoms with Crippen LogP contribution in [0.15, 0.2) is 18.2 Å². The van der Waals surface area contributed by atoms with Gasteiger partial charge in [-0.05, 0) is 30.2 Å². The van der Waals surface area contributed by atoms with Crippen LogP contribution in [0.25, 0.3) is 0 Å². The summed E-state index contributed by atoms with van der Waals surface area (Å²) >= 11 is 0. The summed E-state index contributed by atoms with van der Waals surface area (Å²) in [5.41, 5.74) is 2.60. The first-order valence-electron chi connectivity index (χ1n) is 5.18. The molecule has 1 aromatic rings. The van der Waals surface area contributed by atoms with Crippen molar-refractivity contribution in [3.8, 4) is 5.75 Å². The Labute approximate surface area is 83.8 Å². The van der Waals surface area contributed by atoms with Gasteiger partial charge in [0.25, 0.3) is 0 Å². The smallest absolute Gasteiger partial charge is 0.122 e. The molecule has 0 amide bonds. The van der Waals surface area contributed by atoms with Crippen LogP contribution < -0.4 is 4.74 Å². The number of ether oxygens (including phenoxy) is 2. The van der Waals surface area contributed by atoms with Crippen molar-refractivity contribution in [3.63, 3.8) is 0 Å². The molecule has 2 nitrogen and oxygen atoms in total. The van der Waals surface area contributed by atoms with E-state index in [1.54, 1.807) is 0 Å². The molecule has 2 heteroatoms. The van der Waals surface area contributed by atoms with E-state index in [2.05, 4.69) is 25.1 Å². The molecular formula is C12H14O2. The summed E-state index contributed by atoms with van der Waals surface area (Å²) in [4.78, 5) is 0. The number of hydrogen-bond donors (Lipinski definition) is 0. The molecule has 2 aliphatic rings. The van der Waals surface area contributed by atoms with Crippen LogP contribution in [0, 0.1) is 0 Å². The van der Waals surface area contributed by atoms with E-state index in [1.807, 2.05) is 0 Å². The Bertz CT molecular complexity index is 367. The SMILES string of the molecule is CC1(c2ccc3c(c2)CCO3)CCO1. The summed E-state index contributed by atoms with van der Waals surface area (Å²) in [5.74, 6) is 1.05. The second-order valence-corrected chi connectivity index (χ2v) is 4.25. The Morgan fingerprint density at radius 2 is 2.14 bits per heavy atom. The summed E-state index contributed by atoms with van der Waals surface area (Å²) in [5, 5.41) is 0. The van der Waals surface area contributed by atoms with Gasteiger partial charge in [-0.15, -0.1) is 0 Å². The first-order chi connectivity index (χ1) is 6.78. The molecule has 74 valence electrons. The molecule has 1 unspecified atom stereocenters. The van der Waals surface area contributed by atoms with Gasteiger partial charge in [0, 0.05) is 12.8 Å². The van der Waals surface area contributed by atoms with E-state index < -0.39 is 0 Å². The minimum absolute atomic E-state index is 0.0301. The van der Waals surface area contributed by atoms with Gasteiger partial charge in [0.05, 0.1) is 18.8 Å². The zero-order valence-corrected chi connectivity index (χ0v) is 8.38. The molecule has 14 heavy (non-hydrogen) atoms. The van der Waals surface area contributed by atoms with Crippen molar-refractivity contribution >= 4 is 0 Å². The average molecular weight is 190 g/mol. The lowest BCUT2D eigenvalue weighted by Crippen LogP contribution is -2.37. The topological polar surface area (TPSA) is 18.5 Å². The van der Waals surface area contributed by atoms with E-state index in [-0.39, 0.29) is 5.60 Å². The maximum atomic E-state index is 5.62. The largest absolute Gasteiger partial charge is 0.493 e. The molecular weight excluding hydrogens is 176 g/mol. The third-order valence-electron chi connectivity index (χ3n) is 3.30. The second-order valence-electron chi connectivity index (χ2n) is 4.25. The molecule has 0 spiro atoms. The van der Waals surface area contributed by atoms with Gasteiger partial charge in [0.1, 0.15) is 5.75 Å². The highest BCUT2D eigenvalue weighted by atomic mass is 16.5. The van der Waals surface area contributed by atoms with Crippen LogP contribution >= 0.6 is 0 Å². The highest BCUT2D eigenvalue weighted by Gasteiger charge is 2.35. The van der Waals surface area contributed by atoms with Gasteiger partial charge in [-0.25, -0.2) is 0 Å². The first kappa shape index (κ1) is 8.30. The van der Waals surface area contributed by atoms with E-state index in [0.29, 0.717) is 0 Å². The predicted octanol–water partition coefficient (Wildman–Crippen LogP) is 2.26. The van der Waals surface area contributed by atoms with Gasteiger partial charge < -0.3 is 9.47 Å². The maximum absolute atomic E-state index is 5.62. The fourth-order valence-electron chi connectivity index (χ4n) is 2.15. The van der Waals surface area contributed by atoms with Crippen LogP contribution in [0.2, 0.25) is 0 Å². The number of hydrogen-bond acceptors (Lipinski definition) is 2. The van der Waals surface area contributed by atoms with E-state index in [0.717, 1.165) is 31.8 Å². The fourth-order valence-corrected chi connectivity index (χ4v) is 2.15. The molecule has 1 aromatic carbocycles. The molecule has 2 heterocycles. The second kappa shape index (κ2) is 2.74. The predicted molar refractivity (Wildman–Crippen MR) is 53.6 cm³/mol. The quantitative estimate of drug-likeness (QED) is 0.676. The molecule has 0 bridgehead atoms. The van der Waals surface area contributed by atoms with Crippen LogP contribution in [-0.4, -0.2) is 13.2 Å². The van der Waals surface area contributed by atoms with Crippen molar-refractivity contribution < 1.29 is 9.47 Å². The molecule has 0 radical (unpaired) electrons. The van der Waals surface area contributed by atoms with Gasteiger partial charge >= 0.3 is 0 Å². The van der Waals surface area contributed by atoms with Crippen LogP contribution in [0.4, 0.5) is 0 Å². The van der Waals surface area contributed by atoms with Gasteiger partial charge in [-0.2, -0.15) is 0 Å². The van der Waals surface area contributed by atoms with E-state index in [1.165, 1.54) is 11.1 Å². The molecule has 1 atom stereocenters. The molecule has 3 rings (SSSR count). The van der Waals surface area contributed by atoms with Gasteiger partial charge in [-0.1, -0.05) is 6.07 Å². The van der Waals surface area contributed by atoms with E-state index in [4.69, 9.17) is 9.47 Å². The summed E-state index contributed by atoms with van der Waals surface area (Å²) in [6.07, 6.45) is 2.17. The Balaban J connectivity index is 2.00. The molecule has 1 saturated heterocycles. The summed E-state index contributed by atoms with van der Waals surface area (Å²) in [7, 11) is 0. The molecule has 0 saturated carbocycles. The Hall–Kier alpha value is -1.02. The number of rotatable bonds is 1. The molecule has 1 fully saturated rings. The maximum Gasteiger partial charge on any atom is 0.122 e. The normalized spacial score (nSPS) is 29.2. The fraction of sp³-hybridized carbons (Fsp3) is 0.500. The van der Waals surface area contributed by atoms with Gasteiger partial charge in [-0.3, -0.25) is 0 Å². The Morgan fingerprint density at radius 1 is 1.29 bits per heavy atom. The zero-order chi connectivity index (χ0) is 9.60. The molecule has 0 N–H and O–H groups in total. The summed E-state index contributed by atoms with van der Waals surface area (Å²) < 4.78 is 11.1. The van der Waals surface area contributed by atoms with Crippen molar-refractivity contribution in [1.82, 2.24) is 0 Å². The average Bonchev–Trinajstić information content (AvgIpc) is 2.60.